The molecule has 0 aliphatic carbocycles. The van der Waals surface area contributed by atoms with Gasteiger partial charge in [-0.05, 0) is 63.3 Å². The minimum absolute atomic E-state index is 0.129. The molecule has 2 fully saturated rings. The summed E-state index contributed by atoms with van der Waals surface area (Å²) in [7, 11) is -3.61. The van der Waals surface area contributed by atoms with E-state index in [4.69, 9.17) is 4.74 Å². The molecule has 2 heterocycles. The number of amides is 1. The molecule has 156 valence electrons. The van der Waals surface area contributed by atoms with Crippen LogP contribution in [0.15, 0.2) is 23.1 Å². The molecule has 0 radical (unpaired) electrons. The van der Waals surface area contributed by atoms with Gasteiger partial charge in [0.2, 0.25) is 15.9 Å². The number of likely N-dealkylation sites (tertiary alicyclic amines) is 1. The molecular weight excluding hydrogens is 376 g/mol. The molecule has 0 spiro atoms. The normalized spacial score (nSPS) is 21.9. The van der Waals surface area contributed by atoms with Gasteiger partial charge in [0.15, 0.2) is 0 Å². The molecule has 2 aliphatic rings. The lowest BCUT2D eigenvalue weighted by Gasteiger charge is -2.34. The first-order valence-corrected chi connectivity index (χ1v) is 11.9. The van der Waals surface area contributed by atoms with Crippen molar-refractivity contribution in [3.8, 4) is 5.75 Å². The van der Waals surface area contributed by atoms with Crippen molar-refractivity contribution in [3.63, 3.8) is 0 Å². The van der Waals surface area contributed by atoms with Crippen LogP contribution in [0.25, 0.3) is 0 Å². The van der Waals surface area contributed by atoms with Crippen molar-refractivity contribution in [2.45, 2.75) is 57.3 Å². The number of nitrogens with zero attached hydrogens (tertiary/aromatic N) is 2. The Bertz CT molecular complexity index is 786. The predicted molar refractivity (Wildman–Crippen MR) is 109 cm³/mol. The second-order valence-electron chi connectivity index (χ2n) is 7.80. The quantitative estimate of drug-likeness (QED) is 0.750. The third-order valence-electron chi connectivity index (χ3n) is 5.74. The number of piperidine rings is 1. The van der Waals surface area contributed by atoms with Crippen molar-refractivity contribution < 1.29 is 17.9 Å². The van der Waals surface area contributed by atoms with E-state index in [0.29, 0.717) is 18.9 Å². The third-order valence-corrected chi connectivity index (χ3v) is 7.60. The lowest BCUT2D eigenvalue weighted by atomic mass is 9.98. The zero-order valence-electron chi connectivity index (χ0n) is 17.0. The Morgan fingerprint density at radius 2 is 1.82 bits per heavy atom. The monoisotopic (exact) mass is 408 g/mol. The molecular formula is C21H32N2O4S. The van der Waals surface area contributed by atoms with E-state index >= 15 is 0 Å². The van der Waals surface area contributed by atoms with E-state index in [-0.39, 0.29) is 23.3 Å². The smallest absolute Gasteiger partial charge is 0.243 e. The Balaban J connectivity index is 1.73. The number of rotatable bonds is 5. The molecule has 1 amide bonds. The second-order valence-corrected chi connectivity index (χ2v) is 9.74. The van der Waals surface area contributed by atoms with Gasteiger partial charge in [0.1, 0.15) is 5.75 Å². The van der Waals surface area contributed by atoms with Crippen LogP contribution in [0.4, 0.5) is 0 Å². The highest BCUT2D eigenvalue weighted by molar-refractivity contribution is 7.89. The van der Waals surface area contributed by atoms with Gasteiger partial charge in [-0.1, -0.05) is 12.8 Å². The summed E-state index contributed by atoms with van der Waals surface area (Å²) >= 11 is 0. The van der Waals surface area contributed by atoms with Gasteiger partial charge < -0.3 is 9.64 Å². The number of aryl methyl sites for hydroxylation is 1. The molecule has 1 atom stereocenters. The summed E-state index contributed by atoms with van der Waals surface area (Å²) in [5.74, 6) is 0.601. The van der Waals surface area contributed by atoms with Gasteiger partial charge in [-0.3, -0.25) is 4.79 Å². The van der Waals surface area contributed by atoms with Crippen LogP contribution in [0, 0.1) is 12.8 Å². The first kappa shape index (κ1) is 21.1. The van der Waals surface area contributed by atoms with Gasteiger partial charge in [0, 0.05) is 26.2 Å². The molecule has 0 aromatic heterocycles. The highest BCUT2D eigenvalue weighted by Gasteiger charge is 2.35. The van der Waals surface area contributed by atoms with Crippen LogP contribution in [0.2, 0.25) is 0 Å². The molecule has 0 unspecified atom stereocenters. The van der Waals surface area contributed by atoms with Gasteiger partial charge in [0.25, 0.3) is 0 Å². The van der Waals surface area contributed by atoms with E-state index in [2.05, 4.69) is 0 Å². The van der Waals surface area contributed by atoms with Crippen molar-refractivity contribution in [2.75, 3.05) is 32.8 Å². The minimum Gasteiger partial charge on any atom is -0.494 e. The molecule has 1 aromatic carbocycles. The van der Waals surface area contributed by atoms with Crippen molar-refractivity contribution in [3.05, 3.63) is 23.8 Å². The number of sulfonamides is 1. The van der Waals surface area contributed by atoms with Crippen LogP contribution < -0.4 is 4.74 Å². The van der Waals surface area contributed by atoms with E-state index in [1.165, 1.54) is 17.1 Å². The van der Waals surface area contributed by atoms with Gasteiger partial charge in [0.05, 0.1) is 17.4 Å². The maximum atomic E-state index is 13.2. The summed E-state index contributed by atoms with van der Waals surface area (Å²) in [6.07, 6.45) is 5.93. The zero-order chi connectivity index (χ0) is 20.1. The average Bonchev–Trinajstić information content (AvgIpc) is 2.98. The Kier molecular flexibility index (Phi) is 6.99. The van der Waals surface area contributed by atoms with E-state index in [1.807, 2.05) is 18.7 Å². The molecule has 1 aromatic rings. The Hall–Kier alpha value is -1.60. The van der Waals surface area contributed by atoms with E-state index in [9.17, 15) is 13.2 Å². The van der Waals surface area contributed by atoms with Crippen LogP contribution in [0.1, 0.15) is 51.0 Å². The first-order valence-electron chi connectivity index (χ1n) is 10.5. The maximum Gasteiger partial charge on any atom is 0.243 e. The molecule has 28 heavy (non-hydrogen) atoms. The molecule has 2 saturated heterocycles. The number of benzene rings is 1. The third kappa shape index (κ3) is 4.69. The van der Waals surface area contributed by atoms with E-state index < -0.39 is 10.0 Å². The van der Waals surface area contributed by atoms with E-state index in [0.717, 1.165) is 44.3 Å². The summed E-state index contributed by atoms with van der Waals surface area (Å²) in [4.78, 5) is 15.2. The largest absolute Gasteiger partial charge is 0.494 e. The first-order chi connectivity index (χ1) is 13.4. The lowest BCUT2D eigenvalue weighted by molar-refractivity contribution is -0.136. The molecule has 3 rings (SSSR count). The minimum atomic E-state index is -3.61. The summed E-state index contributed by atoms with van der Waals surface area (Å²) in [6, 6.07) is 4.99. The fourth-order valence-electron chi connectivity index (χ4n) is 4.16. The zero-order valence-corrected chi connectivity index (χ0v) is 17.8. The summed E-state index contributed by atoms with van der Waals surface area (Å²) in [5.41, 5.74) is 0.803. The van der Waals surface area contributed by atoms with Crippen LogP contribution in [0.3, 0.4) is 0 Å². The highest BCUT2D eigenvalue weighted by atomic mass is 32.2. The van der Waals surface area contributed by atoms with Gasteiger partial charge in [-0.15, -0.1) is 0 Å². The molecule has 0 bridgehead atoms. The number of hydrogen-bond acceptors (Lipinski definition) is 4. The summed E-state index contributed by atoms with van der Waals surface area (Å²) in [6.45, 7) is 6.66. The SMILES string of the molecule is CCOc1ccc(S(=O)(=O)N2CCC[C@H](C(=O)N3CCCCCC3)C2)cc1C. The fourth-order valence-corrected chi connectivity index (χ4v) is 5.77. The van der Waals surface area contributed by atoms with Gasteiger partial charge in [-0.25, -0.2) is 8.42 Å². The second kappa shape index (κ2) is 9.27. The Morgan fingerprint density at radius 1 is 1.11 bits per heavy atom. The summed E-state index contributed by atoms with van der Waals surface area (Å²) < 4.78 is 33.3. The molecule has 2 aliphatic heterocycles. The topological polar surface area (TPSA) is 66.9 Å². The number of ether oxygens (including phenoxy) is 1. The van der Waals surface area contributed by atoms with Crippen molar-refractivity contribution in [1.82, 2.24) is 9.21 Å². The molecule has 0 saturated carbocycles. The molecule has 0 N–H and O–H groups in total. The molecule has 6 nitrogen and oxygen atoms in total. The average molecular weight is 409 g/mol. The number of carbonyl (C=O) groups is 1. The van der Waals surface area contributed by atoms with Crippen LogP contribution in [-0.4, -0.2) is 56.3 Å². The van der Waals surface area contributed by atoms with Gasteiger partial charge >= 0.3 is 0 Å². The van der Waals surface area contributed by atoms with E-state index in [1.54, 1.807) is 18.2 Å². The van der Waals surface area contributed by atoms with Crippen molar-refractivity contribution in [2.24, 2.45) is 5.92 Å². The number of hydrogen-bond donors (Lipinski definition) is 0. The molecule has 7 heteroatoms. The van der Waals surface area contributed by atoms with Crippen LogP contribution in [0.5, 0.6) is 5.75 Å². The Morgan fingerprint density at radius 3 is 2.46 bits per heavy atom. The predicted octanol–water partition coefficient (Wildman–Crippen LogP) is 3.20. The standard InChI is InChI=1S/C21H32N2O4S/c1-3-27-20-11-10-19(15-17(20)2)28(25,26)23-14-8-9-18(16-23)21(24)22-12-6-4-5-7-13-22/h10-11,15,18H,3-9,12-14,16H2,1-2H3/t18-/m0/s1. The van der Waals surface area contributed by atoms with Crippen LogP contribution in [-0.2, 0) is 14.8 Å². The highest BCUT2D eigenvalue weighted by Crippen LogP contribution is 2.28. The number of carbonyl (C=O) groups excluding carboxylic acids is 1. The van der Waals surface area contributed by atoms with Crippen molar-refractivity contribution >= 4 is 15.9 Å². The summed E-state index contributed by atoms with van der Waals surface area (Å²) in [5, 5.41) is 0. The Labute approximate surface area is 168 Å². The van der Waals surface area contributed by atoms with Gasteiger partial charge in [-0.2, -0.15) is 4.31 Å². The van der Waals surface area contributed by atoms with Crippen LogP contribution >= 0.6 is 0 Å². The maximum absolute atomic E-state index is 13.2. The lowest BCUT2D eigenvalue weighted by Crippen LogP contribution is -2.47. The fraction of sp³-hybridized carbons (Fsp3) is 0.667. The van der Waals surface area contributed by atoms with Crippen molar-refractivity contribution in [1.29, 1.82) is 0 Å².